The number of piperazine rings is 1. The van der Waals surface area contributed by atoms with Gasteiger partial charge in [0.25, 0.3) is 0 Å². The van der Waals surface area contributed by atoms with Gasteiger partial charge in [0.15, 0.2) is 0 Å². The van der Waals surface area contributed by atoms with E-state index in [-0.39, 0.29) is 0 Å². The maximum Gasteiger partial charge on any atom is 0.0657 e. The standard InChI is InChI=1S/C22H25N5/c1-4-18-6-5-7-20(16-18)22(25-23)21(19-8-10-24-11-9-19)17(2)27-14-12-26(3)13-15-27/h1,5-11,16,25H,2,12-15,23H2,3H3/b22-21+. The highest BCUT2D eigenvalue weighted by atomic mass is 15.3. The molecule has 138 valence electrons. The van der Waals surface area contributed by atoms with Crippen molar-refractivity contribution in [3.8, 4) is 12.3 Å². The van der Waals surface area contributed by atoms with E-state index in [1.54, 1.807) is 12.4 Å². The fraction of sp³-hybridized carbons (Fsp3) is 0.227. The van der Waals surface area contributed by atoms with Gasteiger partial charge in [0.05, 0.1) is 5.70 Å². The summed E-state index contributed by atoms with van der Waals surface area (Å²) in [6.45, 7) is 8.26. The Morgan fingerprint density at radius 2 is 1.85 bits per heavy atom. The van der Waals surface area contributed by atoms with E-state index in [4.69, 9.17) is 12.3 Å². The number of hydrogen-bond acceptors (Lipinski definition) is 5. The summed E-state index contributed by atoms with van der Waals surface area (Å²) in [5, 5.41) is 0. The Labute approximate surface area is 161 Å². The highest BCUT2D eigenvalue weighted by Gasteiger charge is 2.22. The van der Waals surface area contributed by atoms with Crippen molar-refractivity contribution in [3.63, 3.8) is 0 Å². The SMILES string of the molecule is C#Cc1cccc(/C(NN)=C(/C(=C)N2CCN(C)CC2)c2ccncc2)c1. The van der Waals surface area contributed by atoms with Crippen LogP contribution in [0.3, 0.4) is 0 Å². The predicted octanol–water partition coefficient (Wildman–Crippen LogP) is 2.16. The summed E-state index contributed by atoms with van der Waals surface area (Å²) in [4.78, 5) is 8.77. The van der Waals surface area contributed by atoms with Gasteiger partial charge in [-0.3, -0.25) is 10.8 Å². The molecule has 1 saturated heterocycles. The number of hydrogen-bond donors (Lipinski definition) is 2. The van der Waals surface area contributed by atoms with Gasteiger partial charge in [-0.25, -0.2) is 0 Å². The molecule has 3 rings (SSSR count). The first-order valence-corrected chi connectivity index (χ1v) is 8.95. The maximum absolute atomic E-state index is 5.98. The molecule has 0 bridgehead atoms. The quantitative estimate of drug-likeness (QED) is 0.371. The molecule has 5 heteroatoms. The van der Waals surface area contributed by atoms with Gasteiger partial charge < -0.3 is 15.2 Å². The van der Waals surface area contributed by atoms with Crippen molar-refractivity contribution < 1.29 is 0 Å². The van der Waals surface area contributed by atoms with Crippen LogP contribution < -0.4 is 11.3 Å². The molecule has 0 saturated carbocycles. The number of benzene rings is 1. The van der Waals surface area contributed by atoms with Crippen molar-refractivity contribution in [2.24, 2.45) is 5.84 Å². The van der Waals surface area contributed by atoms with Crippen LogP contribution in [0.15, 0.2) is 61.1 Å². The van der Waals surface area contributed by atoms with Crippen LogP contribution in [0, 0.1) is 12.3 Å². The van der Waals surface area contributed by atoms with Gasteiger partial charge >= 0.3 is 0 Å². The number of rotatable bonds is 5. The molecule has 0 unspecified atom stereocenters. The molecule has 0 amide bonds. The predicted molar refractivity (Wildman–Crippen MR) is 111 cm³/mol. The van der Waals surface area contributed by atoms with Crippen molar-refractivity contribution in [2.45, 2.75) is 0 Å². The minimum atomic E-state index is 0.794. The largest absolute Gasteiger partial charge is 0.369 e. The molecule has 1 aromatic carbocycles. The first kappa shape index (κ1) is 18.7. The number of pyridine rings is 1. The second-order valence-electron chi connectivity index (χ2n) is 6.59. The van der Waals surface area contributed by atoms with E-state index in [1.807, 2.05) is 36.4 Å². The van der Waals surface area contributed by atoms with E-state index in [9.17, 15) is 0 Å². The highest BCUT2D eigenvalue weighted by molar-refractivity contribution is 5.96. The Morgan fingerprint density at radius 3 is 2.48 bits per heavy atom. The maximum atomic E-state index is 5.98. The molecule has 1 aliphatic heterocycles. The number of likely N-dealkylation sites (N-methyl/N-ethyl adjacent to an activating group) is 1. The molecule has 1 aliphatic rings. The molecule has 1 aromatic heterocycles. The van der Waals surface area contributed by atoms with Crippen LogP contribution in [0.4, 0.5) is 0 Å². The van der Waals surface area contributed by atoms with Crippen molar-refractivity contribution in [3.05, 3.63) is 77.8 Å². The summed E-state index contributed by atoms with van der Waals surface area (Å²) in [6, 6.07) is 11.7. The third-order valence-electron chi connectivity index (χ3n) is 4.85. The van der Waals surface area contributed by atoms with Crippen molar-refractivity contribution in [1.82, 2.24) is 20.2 Å². The lowest BCUT2D eigenvalue weighted by Crippen LogP contribution is -2.44. The summed E-state index contributed by atoms with van der Waals surface area (Å²) < 4.78 is 0. The molecule has 0 radical (unpaired) electrons. The molecule has 2 heterocycles. The number of hydrazine groups is 1. The monoisotopic (exact) mass is 359 g/mol. The Bertz CT molecular complexity index is 871. The van der Waals surface area contributed by atoms with Crippen LogP contribution >= 0.6 is 0 Å². The Balaban J connectivity index is 2.11. The van der Waals surface area contributed by atoms with Gasteiger partial charge in [0.1, 0.15) is 0 Å². The summed E-state index contributed by atoms with van der Waals surface area (Å²) in [5.74, 6) is 8.66. The minimum Gasteiger partial charge on any atom is -0.369 e. The average molecular weight is 359 g/mol. The van der Waals surface area contributed by atoms with Gasteiger partial charge in [0.2, 0.25) is 0 Å². The van der Waals surface area contributed by atoms with Crippen molar-refractivity contribution >= 4 is 11.3 Å². The summed E-state index contributed by atoms with van der Waals surface area (Å²) in [6.07, 6.45) is 9.13. The molecule has 2 aromatic rings. The number of terminal acetylenes is 1. The Morgan fingerprint density at radius 1 is 1.15 bits per heavy atom. The topological polar surface area (TPSA) is 57.4 Å². The van der Waals surface area contributed by atoms with Crippen molar-refractivity contribution in [1.29, 1.82) is 0 Å². The van der Waals surface area contributed by atoms with Crippen LogP contribution in [0.1, 0.15) is 16.7 Å². The lowest BCUT2D eigenvalue weighted by molar-refractivity contribution is 0.192. The molecule has 1 fully saturated rings. The Hall–Kier alpha value is -3.07. The van der Waals surface area contributed by atoms with Crippen LogP contribution in [-0.4, -0.2) is 48.0 Å². The first-order chi connectivity index (χ1) is 13.1. The second kappa shape index (κ2) is 8.54. The van der Waals surface area contributed by atoms with Gasteiger partial charge in [-0.15, -0.1) is 6.42 Å². The lowest BCUT2D eigenvalue weighted by Gasteiger charge is -2.36. The fourth-order valence-electron chi connectivity index (χ4n) is 3.27. The Kier molecular flexibility index (Phi) is 5.92. The van der Waals surface area contributed by atoms with E-state index in [0.29, 0.717) is 0 Å². The molecule has 5 nitrogen and oxygen atoms in total. The molecular formula is C22H25N5. The molecule has 27 heavy (non-hydrogen) atoms. The highest BCUT2D eigenvalue weighted by Crippen LogP contribution is 2.32. The van der Waals surface area contributed by atoms with E-state index >= 15 is 0 Å². The fourth-order valence-corrected chi connectivity index (χ4v) is 3.27. The van der Waals surface area contributed by atoms with Gasteiger partial charge in [-0.05, 0) is 36.9 Å². The second-order valence-corrected chi connectivity index (χ2v) is 6.59. The number of aromatic nitrogens is 1. The van der Waals surface area contributed by atoms with E-state index in [0.717, 1.165) is 59.8 Å². The molecule has 3 N–H and O–H groups in total. The zero-order valence-electron chi connectivity index (χ0n) is 15.7. The number of allylic oxidation sites excluding steroid dienone is 1. The minimum absolute atomic E-state index is 0.794. The zero-order valence-corrected chi connectivity index (χ0v) is 15.7. The third-order valence-corrected chi connectivity index (χ3v) is 4.85. The van der Waals surface area contributed by atoms with E-state index < -0.39 is 0 Å². The summed E-state index contributed by atoms with van der Waals surface area (Å²) >= 11 is 0. The van der Waals surface area contributed by atoms with E-state index in [1.165, 1.54) is 0 Å². The molecule has 0 atom stereocenters. The van der Waals surface area contributed by atoms with Gasteiger partial charge in [0, 0.05) is 61.0 Å². The van der Waals surface area contributed by atoms with E-state index in [2.05, 4.69) is 39.8 Å². The van der Waals surface area contributed by atoms with Gasteiger partial charge in [-0.2, -0.15) is 0 Å². The van der Waals surface area contributed by atoms with Crippen LogP contribution in [0.25, 0.3) is 11.3 Å². The van der Waals surface area contributed by atoms with Gasteiger partial charge in [-0.1, -0.05) is 24.6 Å². The van der Waals surface area contributed by atoms with Crippen LogP contribution in [-0.2, 0) is 0 Å². The normalized spacial score (nSPS) is 15.7. The van der Waals surface area contributed by atoms with Crippen molar-refractivity contribution in [2.75, 3.05) is 33.2 Å². The summed E-state index contributed by atoms with van der Waals surface area (Å²) in [7, 11) is 2.14. The molecule has 0 aliphatic carbocycles. The third kappa shape index (κ3) is 4.20. The number of nitrogens with zero attached hydrogens (tertiary/aromatic N) is 3. The molecular weight excluding hydrogens is 334 g/mol. The zero-order chi connectivity index (χ0) is 19.2. The first-order valence-electron chi connectivity index (χ1n) is 8.95. The number of nitrogens with one attached hydrogen (secondary N) is 1. The van der Waals surface area contributed by atoms with Crippen LogP contribution in [0.2, 0.25) is 0 Å². The summed E-state index contributed by atoms with van der Waals surface area (Å²) in [5.41, 5.74) is 8.32. The van der Waals surface area contributed by atoms with Crippen LogP contribution in [0.5, 0.6) is 0 Å². The smallest absolute Gasteiger partial charge is 0.0657 e. The lowest BCUT2D eigenvalue weighted by atomic mass is 9.96. The molecule has 0 spiro atoms. The average Bonchev–Trinajstić information content (AvgIpc) is 2.72. The number of nitrogens with two attached hydrogens (primary N) is 1.